The van der Waals surface area contributed by atoms with Gasteiger partial charge in [0.2, 0.25) is 0 Å². The molecule has 41 heavy (non-hydrogen) atoms. The van der Waals surface area contributed by atoms with Gasteiger partial charge in [-0.3, -0.25) is 9.59 Å². The van der Waals surface area contributed by atoms with Crippen molar-refractivity contribution in [1.82, 2.24) is 0 Å². The van der Waals surface area contributed by atoms with E-state index in [-0.39, 0.29) is 30.7 Å². The Kier molecular flexibility index (Phi) is 12.9. The largest absolute Gasteiger partial charge is 0.469 e. The molecule has 2 saturated carbocycles. The van der Waals surface area contributed by atoms with E-state index >= 15 is 0 Å². The maximum absolute atomic E-state index is 14.2. The number of halogens is 1. The minimum atomic E-state index is -1.42. The number of hydrogen-bond donors (Lipinski definition) is 0. The lowest BCUT2D eigenvalue weighted by Gasteiger charge is -2.29. The molecule has 0 aromatic carbocycles. The van der Waals surface area contributed by atoms with Gasteiger partial charge in [-0.15, -0.1) is 0 Å². The van der Waals surface area contributed by atoms with Crippen molar-refractivity contribution >= 4 is 11.8 Å². The molecule has 4 unspecified atom stereocenters. The zero-order valence-electron chi connectivity index (χ0n) is 25.2. The summed E-state index contributed by atoms with van der Waals surface area (Å²) in [5.74, 6) is 2.17. The van der Waals surface area contributed by atoms with Crippen LogP contribution in [0.4, 0.5) is 4.39 Å². The SMILES string of the molecule is C1=CC2CCCC2C1.CCCCC(F)C(=O)/C=C/[C@H]1[C@H]2CC(C=CCCC(=O)OC)=C[C@H]2C[C@H]1OC1CCCCO1. The Morgan fingerprint density at radius 1 is 1.17 bits per heavy atom. The fourth-order valence-corrected chi connectivity index (χ4v) is 7.22. The number of hydrogen-bond acceptors (Lipinski definition) is 5. The highest BCUT2D eigenvalue weighted by atomic mass is 19.1. The van der Waals surface area contributed by atoms with Crippen LogP contribution in [-0.2, 0) is 23.8 Å². The van der Waals surface area contributed by atoms with E-state index in [1.807, 2.05) is 19.1 Å². The topological polar surface area (TPSA) is 61.8 Å². The zero-order valence-corrected chi connectivity index (χ0v) is 25.2. The number of carbonyl (C=O) groups is 2. The summed E-state index contributed by atoms with van der Waals surface area (Å²) in [5.41, 5.74) is 1.25. The summed E-state index contributed by atoms with van der Waals surface area (Å²) in [4.78, 5) is 23.6. The van der Waals surface area contributed by atoms with Gasteiger partial charge >= 0.3 is 5.97 Å². The van der Waals surface area contributed by atoms with Crippen LogP contribution in [-0.4, -0.2) is 44.0 Å². The van der Waals surface area contributed by atoms with Gasteiger partial charge in [-0.05, 0) is 94.0 Å². The second-order valence-electron chi connectivity index (χ2n) is 12.5. The van der Waals surface area contributed by atoms with Gasteiger partial charge in [-0.25, -0.2) is 4.39 Å². The molecule has 5 nitrogen and oxygen atoms in total. The molecule has 0 amide bonds. The molecule has 4 aliphatic carbocycles. The molecule has 228 valence electrons. The molecule has 8 atom stereocenters. The van der Waals surface area contributed by atoms with E-state index in [1.165, 1.54) is 44.4 Å². The van der Waals surface area contributed by atoms with Gasteiger partial charge in [0.1, 0.15) is 0 Å². The lowest BCUT2D eigenvalue weighted by atomic mass is 9.89. The average molecular weight is 571 g/mol. The fourth-order valence-electron chi connectivity index (χ4n) is 7.22. The summed E-state index contributed by atoms with van der Waals surface area (Å²) in [6.07, 6.45) is 26.5. The minimum absolute atomic E-state index is 0.0260. The molecular formula is C35H51FO5. The number of fused-ring (bicyclic) bond motifs is 2. The van der Waals surface area contributed by atoms with E-state index in [0.717, 1.165) is 63.4 Å². The maximum atomic E-state index is 14.2. The Bertz CT molecular complexity index is 962. The Hall–Kier alpha value is -2.05. The van der Waals surface area contributed by atoms with E-state index in [4.69, 9.17) is 9.47 Å². The minimum Gasteiger partial charge on any atom is -0.469 e. The number of esters is 1. The molecule has 1 heterocycles. The van der Waals surface area contributed by atoms with E-state index < -0.39 is 12.0 Å². The smallest absolute Gasteiger partial charge is 0.305 e. The van der Waals surface area contributed by atoms with E-state index in [0.29, 0.717) is 24.7 Å². The molecule has 0 N–H and O–H groups in total. The van der Waals surface area contributed by atoms with Crippen molar-refractivity contribution < 1.29 is 28.2 Å². The predicted molar refractivity (Wildman–Crippen MR) is 160 cm³/mol. The number of ether oxygens (including phenoxy) is 3. The van der Waals surface area contributed by atoms with Crippen molar-refractivity contribution in [2.45, 2.75) is 115 Å². The second-order valence-corrected chi connectivity index (χ2v) is 12.5. The van der Waals surface area contributed by atoms with Crippen molar-refractivity contribution in [3.63, 3.8) is 0 Å². The summed E-state index contributed by atoms with van der Waals surface area (Å²) >= 11 is 0. The van der Waals surface area contributed by atoms with Crippen LogP contribution in [0.2, 0.25) is 0 Å². The molecule has 0 aromatic rings. The monoisotopic (exact) mass is 570 g/mol. The first-order valence-corrected chi connectivity index (χ1v) is 16.2. The highest BCUT2D eigenvalue weighted by Crippen LogP contribution is 2.49. The summed E-state index contributed by atoms with van der Waals surface area (Å²) in [7, 11) is 1.40. The Labute approximate surface area is 246 Å². The quantitative estimate of drug-likeness (QED) is 0.135. The second kappa shape index (κ2) is 16.6. The number of allylic oxidation sites excluding steroid dienone is 7. The summed E-state index contributed by atoms with van der Waals surface area (Å²) in [6, 6.07) is 0. The number of carbonyl (C=O) groups excluding carboxylic acids is 2. The van der Waals surface area contributed by atoms with Crippen molar-refractivity contribution in [1.29, 1.82) is 0 Å². The third-order valence-electron chi connectivity index (χ3n) is 9.56. The van der Waals surface area contributed by atoms with Crippen molar-refractivity contribution in [3.05, 3.63) is 48.1 Å². The van der Waals surface area contributed by atoms with Gasteiger partial charge in [-0.1, -0.05) is 68.2 Å². The van der Waals surface area contributed by atoms with Crippen LogP contribution >= 0.6 is 0 Å². The van der Waals surface area contributed by atoms with Gasteiger partial charge in [0.25, 0.3) is 0 Å². The number of ketones is 1. The lowest BCUT2D eigenvalue weighted by Crippen LogP contribution is -2.31. The van der Waals surface area contributed by atoms with Crippen LogP contribution in [0.15, 0.2) is 48.1 Å². The number of alkyl halides is 1. The first-order chi connectivity index (χ1) is 20.0. The summed E-state index contributed by atoms with van der Waals surface area (Å²) < 4.78 is 31.0. The molecule has 5 rings (SSSR count). The van der Waals surface area contributed by atoms with Crippen LogP contribution in [0.3, 0.4) is 0 Å². The van der Waals surface area contributed by atoms with Crippen LogP contribution in [0.25, 0.3) is 0 Å². The molecule has 0 spiro atoms. The van der Waals surface area contributed by atoms with E-state index in [2.05, 4.69) is 29.0 Å². The first kappa shape index (κ1) is 31.9. The molecule has 0 aromatic heterocycles. The van der Waals surface area contributed by atoms with Crippen LogP contribution < -0.4 is 0 Å². The van der Waals surface area contributed by atoms with Gasteiger partial charge in [0, 0.05) is 18.9 Å². The van der Waals surface area contributed by atoms with E-state index in [1.54, 1.807) is 0 Å². The van der Waals surface area contributed by atoms with Crippen LogP contribution in [0.5, 0.6) is 0 Å². The molecule has 5 aliphatic rings. The van der Waals surface area contributed by atoms with Gasteiger partial charge < -0.3 is 14.2 Å². The Morgan fingerprint density at radius 3 is 2.80 bits per heavy atom. The molecule has 0 radical (unpaired) electrons. The standard InChI is InChI=1S/C27H39FO5.C8H12/c1-3-4-10-23(28)24(29)14-13-21-22-17-19(9-5-6-11-26(30)31-2)16-20(22)18-25(21)33-27-12-7-8-15-32-27;1-3-7-5-2-6-8(7)4-1/h5,9,13-14,16,20-23,25,27H,3-4,6-8,10-12,15,17-18H2,1-2H3;1,3,7-8H,2,4-6H2/b9-5?,14-13+;/t20-,21-,22-,23?,25+,27?;/m0./s1. The molecular weight excluding hydrogens is 519 g/mol. The average Bonchev–Trinajstić information content (AvgIpc) is 3.76. The number of unbranched alkanes of at least 4 members (excludes halogenated alkanes) is 1. The molecule has 6 heteroatoms. The Morgan fingerprint density at radius 2 is 2.05 bits per heavy atom. The third kappa shape index (κ3) is 9.47. The zero-order chi connectivity index (χ0) is 29.0. The van der Waals surface area contributed by atoms with Gasteiger partial charge in [0.15, 0.2) is 18.2 Å². The highest BCUT2D eigenvalue weighted by Gasteiger charge is 2.45. The first-order valence-electron chi connectivity index (χ1n) is 16.2. The molecule has 3 fully saturated rings. The number of rotatable bonds is 12. The highest BCUT2D eigenvalue weighted by molar-refractivity contribution is 5.93. The normalized spacial score (nSPS) is 33.0. The van der Waals surface area contributed by atoms with Crippen molar-refractivity contribution in [2.24, 2.45) is 29.6 Å². The molecule has 1 aliphatic heterocycles. The molecule has 0 bridgehead atoms. The van der Waals surface area contributed by atoms with Crippen LogP contribution in [0.1, 0.15) is 96.8 Å². The number of methoxy groups -OCH3 is 1. The summed E-state index contributed by atoms with van der Waals surface area (Å²) in [6.45, 7) is 2.72. The molecule has 1 saturated heterocycles. The Balaban J connectivity index is 0.000000409. The van der Waals surface area contributed by atoms with E-state index in [9.17, 15) is 14.0 Å². The maximum Gasteiger partial charge on any atom is 0.305 e. The third-order valence-corrected chi connectivity index (χ3v) is 9.56. The fraction of sp³-hybridized carbons (Fsp3) is 0.714. The van der Waals surface area contributed by atoms with Crippen molar-refractivity contribution in [3.8, 4) is 0 Å². The van der Waals surface area contributed by atoms with Gasteiger partial charge in [-0.2, -0.15) is 0 Å². The lowest BCUT2D eigenvalue weighted by molar-refractivity contribution is -0.192. The predicted octanol–water partition coefficient (Wildman–Crippen LogP) is 8.01. The summed E-state index contributed by atoms with van der Waals surface area (Å²) in [5, 5.41) is 0. The van der Waals surface area contributed by atoms with Crippen molar-refractivity contribution in [2.75, 3.05) is 13.7 Å². The van der Waals surface area contributed by atoms with Crippen LogP contribution in [0, 0.1) is 29.6 Å². The van der Waals surface area contributed by atoms with Gasteiger partial charge in [0.05, 0.1) is 13.2 Å².